The Kier molecular flexibility index (Phi) is 6.32. The van der Waals surface area contributed by atoms with Crippen LogP contribution in [0.3, 0.4) is 0 Å². The topological polar surface area (TPSA) is 32.3 Å². The monoisotopic (exact) mass is 214 g/mol. The molecule has 0 aromatic carbocycles. The van der Waals surface area contributed by atoms with E-state index < -0.39 is 0 Å². The summed E-state index contributed by atoms with van der Waals surface area (Å²) >= 11 is 1.51. The van der Waals surface area contributed by atoms with Gasteiger partial charge < -0.3 is 10.2 Å². The highest BCUT2D eigenvalue weighted by Crippen LogP contribution is 2.24. The Morgan fingerprint density at radius 3 is 2.64 bits per heavy atom. The summed E-state index contributed by atoms with van der Waals surface area (Å²) in [6.45, 7) is 8.14. The van der Waals surface area contributed by atoms with Crippen LogP contribution in [0.4, 0.5) is 0 Å². The molecule has 0 unspecified atom stereocenters. The largest absolute Gasteiger partial charge is 0.311 e. The van der Waals surface area contributed by atoms with Gasteiger partial charge in [0.2, 0.25) is 5.91 Å². The summed E-state index contributed by atoms with van der Waals surface area (Å²) in [6.07, 6.45) is 1.99. The third-order valence-electron chi connectivity index (χ3n) is 1.76. The molecule has 0 bridgehead atoms. The molecular weight excluding hydrogens is 196 g/mol. The van der Waals surface area contributed by atoms with Crippen molar-refractivity contribution in [3.8, 4) is 0 Å². The van der Waals surface area contributed by atoms with Crippen molar-refractivity contribution in [2.45, 2.75) is 13.8 Å². The van der Waals surface area contributed by atoms with Gasteiger partial charge in [-0.2, -0.15) is 0 Å². The Bertz CT molecular complexity index is 249. The SMILES string of the molecule is C=C(S/C(C)=C\C)N(C)C(=O)CNC. The molecule has 0 aromatic rings. The maximum Gasteiger partial charge on any atom is 0.241 e. The summed E-state index contributed by atoms with van der Waals surface area (Å²) in [4.78, 5) is 14.1. The van der Waals surface area contributed by atoms with Gasteiger partial charge in [-0.1, -0.05) is 24.4 Å². The van der Waals surface area contributed by atoms with E-state index >= 15 is 0 Å². The van der Waals surface area contributed by atoms with Crippen LogP contribution in [0.1, 0.15) is 13.8 Å². The lowest BCUT2D eigenvalue weighted by Crippen LogP contribution is -2.32. The maximum atomic E-state index is 11.4. The van der Waals surface area contributed by atoms with Crippen LogP contribution in [0.5, 0.6) is 0 Å². The van der Waals surface area contributed by atoms with Crippen molar-refractivity contribution in [3.63, 3.8) is 0 Å². The molecule has 14 heavy (non-hydrogen) atoms. The first kappa shape index (κ1) is 13.3. The molecule has 4 heteroatoms. The molecule has 0 radical (unpaired) electrons. The van der Waals surface area contributed by atoms with Crippen LogP contribution in [-0.2, 0) is 4.79 Å². The van der Waals surface area contributed by atoms with E-state index in [9.17, 15) is 4.79 Å². The number of likely N-dealkylation sites (N-methyl/N-ethyl adjacent to an activating group) is 2. The average molecular weight is 214 g/mol. The predicted octanol–water partition coefficient (Wildman–Crippen LogP) is 1.79. The zero-order valence-electron chi connectivity index (χ0n) is 9.26. The van der Waals surface area contributed by atoms with Crippen LogP contribution in [0.25, 0.3) is 0 Å². The van der Waals surface area contributed by atoms with E-state index in [4.69, 9.17) is 0 Å². The number of hydrogen-bond acceptors (Lipinski definition) is 3. The first-order valence-corrected chi connectivity index (χ1v) is 5.25. The van der Waals surface area contributed by atoms with Crippen LogP contribution in [0.2, 0.25) is 0 Å². The van der Waals surface area contributed by atoms with E-state index in [2.05, 4.69) is 11.9 Å². The number of hydrogen-bond donors (Lipinski definition) is 1. The van der Waals surface area contributed by atoms with Gasteiger partial charge in [0.1, 0.15) is 0 Å². The van der Waals surface area contributed by atoms with Crippen molar-refractivity contribution < 1.29 is 4.79 Å². The normalized spacial score (nSPS) is 11.3. The van der Waals surface area contributed by atoms with E-state index in [0.29, 0.717) is 6.54 Å². The number of rotatable bonds is 5. The molecule has 3 nitrogen and oxygen atoms in total. The molecule has 0 spiro atoms. The van der Waals surface area contributed by atoms with Gasteiger partial charge in [0.05, 0.1) is 11.6 Å². The summed E-state index contributed by atoms with van der Waals surface area (Å²) in [5.74, 6) is 0.0221. The molecule has 0 aromatic heterocycles. The highest BCUT2D eigenvalue weighted by molar-refractivity contribution is 8.06. The number of amides is 1. The van der Waals surface area contributed by atoms with E-state index in [1.54, 1.807) is 19.0 Å². The number of allylic oxidation sites excluding steroid dienone is 2. The number of thioether (sulfide) groups is 1. The van der Waals surface area contributed by atoms with Crippen molar-refractivity contribution >= 4 is 17.7 Å². The lowest BCUT2D eigenvalue weighted by molar-refractivity contribution is -0.126. The lowest BCUT2D eigenvalue weighted by Gasteiger charge is -2.18. The van der Waals surface area contributed by atoms with E-state index in [-0.39, 0.29) is 5.91 Å². The molecule has 0 atom stereocenters. The maximum absolute atomic E-state index is 11.4. The van der Waals surface area contributed by atoms with Crippen LogP contribution in [-0.4, -0.2) is 31.4 Å². The smallest absolute Gasteiger partial charge is 0.241 e. The molecule has 0 aliphatic carbocycles. The molecule has 1 amide bonds. The molecule has 0 aliphatic heterocycles. The summed E-state index contributed by atoms with van der Waals surface area (Å²) in [7, 11) is 3.48. The van der Waals surface area contributed by atoms with Crippen LogP contribution in [0, 0.1) is 0 Å². The highest BCUT2D eigenvalue weighted by atomic mass is 32.2. The highest BCUT2D eigenvalue weighted by Gasteiger charge is 2.11. The lowest BCUT2D eigenvalue weighted by atomic mass is 10.5. The van der Waals surface area contributed by atoms with E-state index in [1.807, 2.05) is 19.9 Å². The molecule has 0 aliphatic rings. The van der Waals surface area contributed by atoms with Crippen molar-refractivity contribution in [3.05, 3.63) is 22.6 Å². The van der Waals surface area contributed by atoms with Crippen LogP contribution < -0.4 is 5.32 Å². The first-order chi connectivity index (χ1) is 6.52. The summed E-state index contributed by atoms with van der Waals surface area (Å²) in [5.41, 5.74) is 0. The Morgan fingerprint density at radius 1 is 1.64 bits per heavy atom. The predicted molar refractivity (Wildman–Crippen MR) is 62.9 cm³/mol. The van der Waals surface area contributed by atoms with Crippen LogP contribution >= 0.6 is 11.8 Å². The van der Waals surface area contributed by atoms with Crippen molar-refractivity contribution in [2.75, 3.05) is 20.6 Å². The fourth-order valence-electron chi connectivity index (χ4n) is 0.722. The Labute approximate surface area is 90.2 Å². The molecule has 0 rings (SSSR count). The van der Waals surface area contributed by atoms with Gasteiger partial charge in [-0.05, 0) is 25.8 Å². The quantitative estimate of drug-likeness (QED) is 0.757. The van der Waals surface area contributed by atoms with Gasteiger partial charge in [-0.25, -0.2) is 0 Å². The third kappa shape index (κ3) is 4.48. The second-order valence-electron chi connectivity index (χ2n) is 2.88. The number of carbonyl (C=O) groups is 1. The average Bonchev–Trinajstić information content (AvgIpc) is 2.16. The Morgan fingerprint density at radius 2 is 2.21 bits per heavy atom. The van der Waals surface area contributed by atoms with Gasteiger partial charge in [-0.3, -0.25) is 4.79 Å². The minimum atomic E-state index is 0.0221. The number of nitrogens with one attached hydrogen (secondary N) is 1. The second kappa shape index (κ2) is 6.68. The third-order valence-corrected chi connectivity index (χ3v) is 2.83. The zero-order valence-corrected chi connectivity index (χ0v) is 10.1. The van der Waals surface area contributed by atoms with Crippen molar-refractivity contribution in [2.24, 2.45) is 0 Å². The fraction of sp³-hybridized carbons (Fsp3) is 0.500. The molecular formula is C10H18N2OS. The van der Waals surface area contributed by atoms with Crippen molar-refractivity contribution in [1.82, 2.24) is 10.2 Å². The molecule has 0 fully saturated rings. The Hall–Kier alpha value is -0.740. The van der Waals surface area contributed by atoms with Gasteiger partial charge in [0, 0.05) is 7.05 Å². The summed E-state index contributed by atoms with van der Waals surface area (Å²) < 4.78 is 0. The molecule has 80 valence electrons. The zero-order chi connectivity index (χ0) is 11.1. The Balaban J connectivity index is 4.18. The minimum absolute atomic E-state index is 0.0221. The molecule has 0 saturated heterocycles. The van der Waals surface area contributed by atoms with Gasteiger partial charge in [0.15, 0.2) is 0 Å². The minimum Gasteiger partial charge on any atom is -0.311 e. The van der Waals surface area contributed by atoms with E-state index in [1.165, 1.54) is 11.8 Å². The fourth-order valence-corrected chi connectivity index (χ4v) is 1.45. The van der Waals surface area contributed by atoms with Crippen LogP contribution in [0.15, 0.2) is 22.6 Å². The van der Waals surface area contributed by atoms with Gasteiger partial charge in [-0.15, -0.1) is 0 Å². The van der Waals surface area contributed by atoms with Gasteiger partial charge >= 0.3 is 0 Å². The number of carbonyl (C=O) groups excluding carboxylic acids is 1. The second-order valence-corrected chi connectivity index (χ2v) is 4.20. The first-order valence-electron chi connectivity index (χ1n) is 4.43. The number of nitrogens with zero attached hydrogens (tertiary/aromatic N) is 1. The molecule has 1 N–H and O–H groups in total. The summed E-state index contributed by atoms with van der Waals surface area (Å²) in [6, 6.07) is 0. The summed E-state index contributed by atoms with van der Waals surface area (Å²) in [5, 5.41) is 3.57. The molecule has 0 saturated carbocycles. The van der Waals surface area contributed by atoms with Gasteiger partial charge in [0.25, 0.3) is 0 Å². The standard InChI is InChI=1S/C10H18N2OS/c1-6-8(2)14-9(3)12(5)10(13)7-11-4/h6,11H,3,7H2,1-2,4-5H3/b8-6-. The van der Waals surface area contributed by atoms with Crippen molar-refractivity contribution in [1.29, 1.82) is 0 Å². The molecule has 0 heterocycles. The van der Waals surface area contributed by atoms with E-state index in [0.717, 1.165) is 9.93 Å².